The lowest BCUT2D eigenvalue weighted by molar-refractivity contribution is -0.137. The lowest BCUT2D eigenvalue weighted by Gasteiger charge is -2.33. The van der Waals surface area contributed by atoms with Gasteiger partial charge in [-0.2, -0.15) is 0 Å². The molecular formula is C24H29NO5. The van der Waals surface area contributed by atoms with Crippen LogP contribution in [0.25, 0.3) is 0 Å². The average molecular weight is 411 g/mol. The molecule has 160 valence electrons. The van der Waals surface area contributed by atoms with Crippen molar-refractivity contribution in [3.63, 3.8) is 0 Å². The maximum absolute atomic E-state index is 13.7. The molecule has 2 atom stereocenters. The van der Waals surface area contributed by atoms with Crippen molar-refractivity contribution in [3.05, 3.63) is 66.2 Å². The van der Waals surface area contributed by atoms with Gasteiger partial charge in [-0.05, 0) is 35.4 Å². The third kappa shape index (κ3) is 4.76. The second-order valence-electron chi connectivity index (χ2n) is 7.10. The number of hydrogen-bond donors (Lipinski definition) is 0. The molecule has 6 nitrogen and oxygen atoms in total. The van der Waals surface area contributed by atoms with Gasteiger partial charge in [-0.25, -0.2) is 0 Å². The maximum Gasteiger partial charge on any atom is 0.231 e. The van der Waals surface area contributed by atoms with Crippen LogP contribution in [0.2, 0.25) is 0 Å². The smallest absolute Gasteiger partial charge is 0.231 e. The third-order valence-electron chi connectivity index (χ3n) is 5.44. The summed E-state index contributed by atoms with van der Waals surface area (Å²) < 4.78 is 21.6. The van der Waals surface area contributed by atoms with Crippen molar-refractivity contribution in [1.29, 1.82) is 0 Å². The first-order valence-corrected chi connectivity index (χ1v) is 9.97. The molecule has 0 N–H and O–H groups in total. The summed E-state index contributed by atoms with van der Waals surface area (Å²) in [6.45, 7) is 6.31. The predicted molar refractivity (Wildman–Crippen MR) is 116 cm³/mol. The number of carbonyl (C=O) groups excluding carboxylic acids is 1. The second kappa shape index (κ2) is 10.2. The standard InChI is InChI=1S/C24H29NO5/c1-5-22(18-14-20(28-3)16-21(15-18)29-4)23(17-6-8-19(27-2)9-7-17)24(26)25-10-12-30-13-11-25/h5-9,14-16,22-23H,1,10-13H2,2-4H3/t22-,23-/m1/s1. The molecule has 1 aliphatic rings. The fraction of sp³-hybridized carbons (Fsp3) is 0.375. The Morgan fingerprint density at radius 2 is 1.50 bits per heavy atom. The molecule has 1 amide bonds. The van der Waals surface area contributed by atoms with Crippen LogP contribution in [-0.2, 0) is 9.53 Å². The Kier molecular flexibility index (Phi) is 7.36. The largest absolute Gasteiger partial charge is 0.497 e. The average Bonchev–Trinajstić information content (AvgIpc) is 2.82. The van der Waals surface area contributed by atoms with Crippen LogP contribution < -0.4 is 14.2 Å². The number of hydrogen-bond acceptors (Lipinski definition) is 5. The minimum Gasteiger partial charge on any atom is -0.497 e. The molecule has 0 spiro atoms. The molecule has 2 aromatic carbocycles. The summed E-state index contributed by atoms with van der Waals surface area (Å²) in [4.78, 5) is 15.5. The molecule has 30 heavy (non-hydrogen) atoms. The van der Waals surface area contributed by atoms with E-state index in [4.69, 9.17) is 18.9 Å². The van der Waals surface area contributed by atoms with Gasteiger partial charge in [0.15, 0.2) is 0 Å². The highest BCUT2D eigenvalue weighted by Crippen LogP contribution is 2.39. The van der Waals surface area contributed by atoms with Gasteiger partial charge in [-0.15, -0.1) is 6.58 Å². The zero-order chi connectivity index (χ0) is 21.5. The van der Waals surface area contributed by atoms with E-state index in [1.165, 1.54) is 0 Å². The lowest BCUT2D eigenvalue weighted by Crippen LogP contribution is -2.44. The monoisotopic (exact) mass is 411 g/mol. The molecule has 1 saturated heterocycles. The number of methoxy groups -OCH3 is 3. The van der Waals surface area contributed by atoms with Crippen molar-refractivity contribution in [2.75, 3.05) is 47.6 Å². The van der Waals surface area contributed by atoms with Gasteiger partial charge in [0.25, 0.3) is 0 Å². The van der Waals surface area contributed by atoms with Gasteiger partial charge in [0.2, 0.25) is 5.91 Å². The van der Waals surface area contributed by atoms with Crippen molar-refractivity contribution < 1.29 is 23.7 Å². The van der Waals surface area contributed by atoms with Crippen LogP contribution in [-0.4, -0.2) is 58.4 Å². The first-order chi connectivity index (χ1) is 14.6. The van der Waals surface area contributed by atoms with Crippen molar-refractivity contribution in [3.8, 4) is 17.2 Å². The van der Waals surface area contributed by atoms with Gasteiger partial charge in [-0.3, -0.25) is 4.79 Å². The highest BCUT2D eigenvalue weighted by Gasteiger charge is 2.34. The Bertz CT molecular complexity index is 836. The van der Waals surface area contributed by atoms with Gasteiger partial charge in [0.05, 0.1) is 40.5 Å². The minimum absolute atomic E-state index is 0.0511. The highest BCUT2D eigenvalue weighted by atomic mass is 16.5. The number of morpholine rings is 1. The Balaban J connectivity index is 2.06. The van der Waals surface area contributed by atoms with Crippen LogP contribution in [0.4, 0.5) is 0 Å². The molecule has 0 saturated carbocycles. The highest BCUT2D eigenvalue weighted by molar-refractivity contribution is 5.85. The van der Waals surface area contributed by atoms with Gasteiger partial charge in [0, 0.05) is 25.1 Å². The van der Waals surface area contributed by atoms with Crippen LogP contribution in [0.15, 0.2) is 55.1 Å². The molecular weight excluding hydrogens is 382 g/mol. The predicted octanol–water partition coefficient (Wildman–Crippen LogP) is 3.62. The fourth-order valence-electron chi connectivity index (χ4n) is 3.78. The van der Waals surface area contributed by atoms with E-state index >= 15 is 0 Å². The van der Waals surface area contributed by atoms with Crippen LogP contribution in [0.5, 0.6) is 17.2 Å². The summed E-state index contributed by atoms with van der Waals surface area (Å²) in [5.41, 5.74) is 1.81. The molecule has 0 radical (unpaired) electrons. The molecule has 2 aromatic rings. The van der Waals surface area contributed by atoms with Gasteiger partial charge < -0.3 is 23.8 Å². The number of ether oxygens (including phenoxy) is 4. The Hall–Kier alpha value is -2.99. The summed E-state index contributed by atoms with van der Waals surface area (Å²) in [6, 6.07) is 13.3. The van der Waals surface area contributed by atoms with E-state index < -0.39 is 5.92 Å². The summed E-state index contributed by atoms with van der Waals surface area (Å²) in [7, 11) is 4.85. The van der Waals surface area contributed by atoms with E-state index in [1.807, 2.05) is 53.4 Å². The maximum atomic E-state index is 13.7. The van der Waals surface area contributed by atoms with E-state index in [2.05, 4.69) is 6.58 Å². The molecule has 0 aromatic heterocycles. The molecule has 1 fully saturated rings. The summed E-state index contributed by atoms with van der Waals surface area (Å²) in [6.07, 6.45) is 1.82. The first kappa shape index (κ1) is 21.7. The van der Waals surface area contributed by atoms with Crippen molar-refractivity contribution in [2.45, 2.75) is 11.8 Å². The zero-order valence-corrected chi connectivity index (χ0v) is 17.8. The lowest BCUT2D eigenvalue weighted by atomic mass is 9.80. The van der Waals surface area contributed by atoms with Gasteiger partial charge in [0.1, 0.15) is 17.2 Å². The minimum atomic E-state index is -0.441. The molecule has 1 aliphatic heterocycles. The number of rotatable bonds is 8. The van der Waals surface area contributed by atoms with Crippen molar-refractivity contribution in [1.82, 2.24) is 4.90 Å². The Labute approximate surface area is 178 Å². The van der Waals surface area contributed by atoms with Gasteiger partial charge in [-0.1, -0.05) is 18.2 Å². The third-order valence-corrected chi connectivity index (χ3v) is 5.44. The molecule has 0 bridgehead atoms. The molecule has 0 unspecified atom stereocenters. The summed E-state index contributed by atoms with van der Waals surface area (Å²) in [5.74, 6) is 1.43. The van der Waals surface area contributed by atoms with Crippen LogP contribution in [0, 0.1) is 0 Å². The van der Waals surface area contributed by atoms with Crippen LogP contribution in [0.1, 0.15) is 23.0 Å². The van der Waals surface area contributed by atoms with Gasteiger partial charge >= 0.3 is 0 Å². The van der Waals surface area contributed by atoms with E-state index in [0.29, 0.717) is 37.8 Å². The molecule has 1 heterocycles. The number of allylic oxidation sites excluding steroid dienone is 1. The van der Waals surface area contributed by atoms with E-state index in [1.54, 1.807) is 21.3 Å². The normalized spacial score (nSPS) is 15.8. The second-order valence-corrected chi connectivity index (χ2v) is 7.10. The number of nitrogens with zero attached hydrogens (tertiary/aromatic N) is 1. The Morgan fingerprint density at radius 1 is 0.933 bits per heavy atom. The Morgan fingerprint density at radius 3 is 2.00 bits per heavy atom. The number of benzene rings is 2. The number of amides is 1. The summed E-state index contributed by atoms with van der Waals surface area (Å²) >= 11 is 0. The topological polar surface area (TPSA) is 57.2 Å². The zero-order valence-electron chi connectivity index (χ0n) is 17.8. The van der Waals surface area contributed by atoms with Crippen LogP contribution >= 0.6 is 0 Å². The van der Waals surface area contributed by atoms with Crippen molar-refractivity contribution >= 4 is 5.91 Å². The molecule has 3 rings (SSSR count). The van der Waals surface area contributed by atoms with Crippen molar-refractivity contribution in [2.24, 2.45) is 0 Å². The number of carbonyl (C=O) groups is 1. The summed E-state index contributed by atoms with van der Waals surface area (Å²) in [5, 5.41) is 0. The van der Waals surface area contributed by atoms with E-state index in [0.717, 1.165) is 16.9 Å². The molecule has 0 aliphatic carbocycles. The van der Waals surface area contributed by atoms with E-state index in [9.17, 15) is 4.79 Å². The first-order valence-electron chi connectivity index (χ1n) is 9.97. The molecule has 6 heteroatoms. The quantitative estimate of drug-likeness (QED) is 0.621. The van der Waals surface area contributed by atoms with Crippen LogP contribution in [0.3, 0.4) is 0 Å². The van der Waals surface area contributed by atoms with E-state index in [-0.39, 0.29) is 11.8 Å². The SMILES string of the molecule is C=C[C@H](c1cc(OC)cc(OC)c1)[C@H](C(=O)N1CCOCC1)c1ccc(OC)cc1. The fourth-order valence-corrected chi connectivity index (χ4v) is 3.78.